The highest BCUT2D eigenvalue weighted by molar-refractivity contribution is 5.37. The Labute approximate surface area is 131 Å². The Morgan fingerprint density at radius 1 is 1.36 bits per heavy atom. The Hall–Kier alpha value is -2.01. The number of nitrogens with two attached hydrogens (primary N) is 1. The summed E-state index contributed by atoms with van der Waals surface area (Å²) in [4.78, 5) is 15.2. The van der Waals surface area contributed by atoms with Crippen molar-refractivity contribution in [3.05, 3.63) is 47.7 Å². The second kappa shape index (κ2) is 6.40. The lowest BCUT2D eigenvalue weighted by Gasteiger charge is -2.37. The van der Waals surface area contributed by atoms with Crippen LogP contribution in [0, 0.1) is 6.92 Å². The van der Waals surface area contributed by atoms with Crippen LogP contribution in [-0.4, -0.2) is 32.4 Å². The third kappa shape index (κ3) is 3.25. The number of hydrogen-bond acceptors (Lipinski definition) is 5. The Morgan fingerprint density at radius 2 is 2.23 bits per heavy atom. The van der Waals surface area contributed by atoms with Crippen molar-refractivity contribution >= 4 is 5.82 Å². The maximum Gasteiger partial charge on any atom is 0.131 e. The van der Waals surface area contributed by atoms with Gasteiger partial charge in [0, 0.05) is 36.7 Å². The summed E-state index contributed by atoms with van der Waals surface area (Å²) >= 11 is 0. The minimum atomic E-state index is 0.514. The largest absolute Gasteiger partial charge is 0.383 e. The van der Waals surface area contributed by atoms with Crippen molar-refractivity contribution in [2.24, 2.45) is 0 Å². The number of hydrogen-bond donors (Lipinski definition) is 1. The number of pyridine rings is 1. The molecular weight excluding hydrogens is 274 g/mol. The van der Waals surface area contributed by atoms with E-state index in [-0.39, 0.29) is 0 Å². The van der Waals surface area contributed by atoms with Crippen molar-refractivity contribution in [1.82, 2.24) is 19.9 Å². The quantitative estimate of drug-likeness (QED) is 0.943. The van der Waals surface area contributed by atoms with Crippen LogP contribution < -0.4 is 5.73 Å². The first-order valence-electron chi connectivity index (χ1n) is 7.85. The van der Waals surface area contributed by atoms with Crippen LogP contribution in [0.3, 0.4) is 0 Å². The summed E-state index contributed by atoms with van der Waals surface area (Å²) in [5.74, 6) is 1.94. The summed E-state index contributed by atoms with van der Waals surface area (Å²) in [7, 11) is 0. The lowest BCUT2D eigenvalue weighted by Crippen LogP contribution is -2.39. The van der Waals surface area contributed by atoms with Crippen molar-refractivity contribution < 1.29 is 0 Å². The molecule has 5 heteroatoms. The number of piperidine rings is 1. The Bertz CT molecular complexity index is 628. The SMILES string of the molecule is Cc1ncc(CN2CCC(c3cccnc3)CC2C)c(N)n1. The number of nitrogen functional groups attached to an aromatic ring is 1. The van der Waals surface area contributed by atoms with Crippen molar-refractivity contribution in [2.75, 3.05) is 12.3 Å². The van der Waals surface area contributed by atoms with Crippen molar-refractivity contribution in [2.45, 2.75) is 45.2 Å². The van der Waals surface area contributed by atoms with Gasteiger partial charge in [-0.05, 0) is 50.8 Å². The van der Waals surface area contributed by atoms with Crippen LogP contribution in [0.1, 0.15) is 42.6 Å². The molecule has 0 aliphatic carbocycles. The standard InChI is InChI=1S/C17H23N5/c1-12-8-14(15-4-3-6-19-9-15)5-7-22(12)11-16-10-20-13(2)21-17(16)18/h3-4,6,9-10,12,14H,5,7-8,11H2,1-2H3,(H2,18,20,21). The number of likely N-dealkylation sites (tertiary alicyclic amines) is 1. The molecule has 22 heavy (non-hydrogen) atoms. The Morgan fingerprint density at radius 3 is 2.91 bits per heavy atom. The normalized spacial score (nSPS) is 22.6. The second-order valence-electron chi connectivity index (χ2n) is 6.15. The highest BCUT2D eigenvalue weighted by Crippen LogP contribution is 2.32. The lowest BCUT2D eigenvalue weighted by molar-refractivity contribution is 0.138. The predicted octanol–water partition coefficient (Wildman–Crippen LogP) is 2.53. The van der Waals surface area contributed by atoms with E-state index in [1.54, 1.807) is 0 Å². The summed E-state index contributed by atoms with van der Waals surface area (Å²) in [6.45, 7) is 6.04. The van der Waals surface area contributed by atoms with Crippen LogP contribution in [0.25, 0.3) is 0 Å². The van der Waals surface area contributed by atoms with Gasteiger partial charge in [-0.25, -0.2) is 9.97 Å². The van der Waals surface area contributed by atoms with Crippen LogP contribution in [0.2, 0.25) is 0 Å². The molecular formula is C17H23N5. The lowest BCUT2D eigenvalue weighted by atomic mass is 9.86. The van der Waals surface area contributed by atoms with Crippen molar-refractivity contribution in [1.29, 1.82) is 0 Å². The average Bonchev–Trinajstić information content (AvgIpc) is 2.52. The van der Waals surface area contributed by atoms with E-state index in [0.29, 0.717) is 17.8 Å². The first kappa shape index (κ1) is 14.9. The molecule has 2 unspecified atom stereocenters. The van der Waals surface area contributed by atoms with Gasteiger partial charge in [-0.3, -0.25) is 9.88 Å². The van der Waals surface area contributed by atoms with Gasteiger partial charge in [0.05, 0.1) is 0 Å². The fraction of sp³-hybridized carbons (Fsp3) is 0.471. The molecule has 1 saturated heterocycles. The van der Waals surface area contributed by atoms with Crippen LogP contribution in [0.15, 0.2) is 30.7 Å². The third-order valence-corrected chi connectivity index (χ3v) is 4.56. The Kier molecular flexibility index (Phi) is 4.34. The summed E-state index contributed by atoms with van der Waals surface area (Å²) in [6.07, 6.45) is 8.00. The molecule has 2 atom stereocenters. The molecule has 1 aliphatic rings. The summed E-state index contributed by atoms with van der Waals surface area (Å²) in [5, 5.41) is 0. The maximum atomic E-state index is 6.02. The number of aromatic nitrogens is 3. The summed E-state index contributed by atoms with van der Waals surface area (Å²) < 4.78 is 0. The van der Waals surface area contributed by atoms with E-state index < -0.39 is 0 Å². The predicted molar refractivity (Wildman–Crippen MR) is 87.3 cm³/mol. The Balaban J connectivity index is 1.66. The topological polar surface area (TPSA) is 67.9 Å². The van der Waals surface area contributed by atoms with Crippen LogP contribution >= 0.6 is 0 Å². The zero-order valence-corrected chi connectivity index (χ0v) is 13.2. The van der Waals surface area contributed by atoms with E-state index in [9.17, 15) is 0 Å². The van der Waals surface area contributed by atoms with Gasteiger partial charge in [0.1, 0.15) is 11.6 Å². The molecule has 0 bridgehead atoms. The van der Waals surface area contributed by atoms with Gasteiger partial charge in [-0.1, -0.05) is 6.07 Å². The first-order valence-corrected chi connectivity index (χ1v) is 7.85. The molecule has 116 valence electrons. The van der Waals surface area contributed by atoms with Crippen LogP contribution in [-0.2, 0) is 6.54 Å². The minimum absolute atomic E-state index is 0.514. The molecule has 2 aromatic heterocycles. The smallest absolute Gasteiger partial charge is 0.131 e. The molecule has 2 aromatic rings. The monoisotopic (exact) mass is 297 g/mol. The van der Waals surface area contributed by atoms with Gasteiger partial charge >= 0.3 is 0 Å². The van der Waals surface area contributed by atoms with Gasteiger partial charge in [0.25, 0.3) is 0 Å². The number of nitrogens with zero attached hydrogens (tertiary/aromatic N) is 4. The third-order valence-electron chi connectivity index (χ3n) is 4.56. The highest BCUT2D eigenvalue weighted by atomic mass is 15.2. The van der Waals surface area contributed by atoms with E-state index in [4.69, 9.17) is 5.73 Å². The fourth-order valence-electron chi connectivity index (χ4n) is 3.23. The van der Waals surface area contributed by atoms with Crippen molar-refractivity contribution in [3.63, 3.8) is 0 Å². The summed E-state index contributed by atoms with van der Waals surface area (Å²) in [5.41, 5.74) is 8.40. The molecule has 0 amide bonds. The molecule has 3 heterocycles. The van der Waals surface area contributed by atoms with E-state index >= 15 is 0 Å². The molecule has 3 rings (SSSR count). The zero-order chi connectivity index (χ0) is 15.5. The first-order chi connectivity index (χ1) is 10.6. The van der Waals surface area contributed by atoms with E-state index in [2.05, 4.69) is 32.8 Å². The van der Waals surface area contributed by atoms with Crippen LogP contribution in [0.4, 0.5) is 5.82 Å². The van der Waals surface area contributed by atoms with E-state index in [1.165, 1.54) is 5.56 Å². The number of aryl methyl sites for hydroxylation is 1. The molecule has 0 spiro atoms. The molecule has 5 nitrogen and oxygen atoms in total. The zero-order valence-electron chi connectivity index (χ0n) is 13.2. The highest BCUT2D eigenvalue weighted by Gasteiger charge is 2.27. The maximum absolute atomic E-state index is 6.02. The molecule has 0 saturated carbocycles. The number of rotatable bonds is 3. The van der Waals surface area contributed by atoms with Gasteiger partial charge < -0.3 is 5.73 Å². The average molecular weight is 297 g/mol. The van der Waals surface area contributed by atoms with E-state index in [0.717, 1.165) is 37.3 Å². The second-order valence-corrected chi connectivity index (χ2v) is 6.15. The molecule has 2 N–H and O–H groups in total. The number of anilines is 1. The van der Waals surface area contributed by atoms with Crippen molar-refractivity contribution in [3.8, 4) is 0 Å². The van der Waals surface area contributed by atoms with Gasteiger partial charge in [0.2, 0.25) is 0 Å². The molecule has 1 fully saturated rings. The molecule has 0 radical (unpaired) electrons. The molecule has 1 aliphatic heterocycles. The van der Waals surface area contributed by atoms with Crippen LogP contribution in [0.5, 0.6) is 0 Å². The molecule has 0 aromatic carbocycles. The van der Waals surface area contributed by atoms with E-state index in [1.807, 2.05) is 31.6 Å². The summed E-state index contributed by atoms with van der Waals surface area (Å²) in [6, 6.07) is 4.72. The minimum Gasteiger partial charge on any atom is -0.383 e. The fourth-order valence-corrected chi connectivity index (χ4v) is 3.23. The van der Waals surface area contributed by atoms with Gasteiger partial charge in [-0.2, -0.15) is 0 Å². The van der Waals surface area contributed by atoms with Gasteiger partial charge in [-0.15, -0.1) is 0 Å². The van der Waals surface area contributed by atoms with Gasteiger partial charge in [0.15, 0.2) is 0 Å².